The molecule has 1 aromatic heterocycles. The largest absolute Gasteiger partial charge is 0.494 e. The van der Waals surface area contributed by atoms with Gasteiger partial charge in [0.1, 0.15) is 5.75 Å². The Hall–Kier alpha value is -1.51. The summed E-state index contributed by atoms with van der Waals surface area (Å²) in [6.45, 7) is 0. The molecule has 1 amide bonds. The third kappa shape index (κ3) is 4.49. The second-order valence-corrected chi connectivity index (χ2v) is 9.79. The van der Waals surface area contributed by atoms with Gasteiger partial charge in [-0.1, -0.05) is 45.8 Å². The first kappa shape index (κ1) is 20.8. The minimum Gasteiger partial charge on any atom is -0.494 e. The molecule has 0 bridgehead atoms. The van der Waals surface area contributed by atoms with Crippen LogP contribution in [0.2, 0.25) is 10.0 Å². The Bertz CT molecular complexity index is 1060. The Kier molecular flexibility index (Phi) is 6.22. The van der Waals surface area contributed by atoms with E-state index in [0.29, 0.717) is 33.1 Å². The average molecular weight is 544 g/mol. The number of carbonyl (C=O) groups is 1. The Morgan fingerprint density at radius 2 is 1.93 bits per heavy atom. The van der Waals surface area contributed by atoms with Crippen LogP contribution in [0.15, 0.2) is 36.5 Å². The number of methoxy groups -OCH3 is 1. The van der Waals surface area contributed by atoms with Crippen LogP contribution in [0.1, 0.15) is 42.1 Å². The van der Waals surface area contributed by atoms with E-state index in [1.54, 1.807) is 25.3 Å². The molecular formula is C21H20Cl2IN3O2. The van der Waals surface area contributed by atoms with Crippen molar-refractivity contribution in [2.45, 2.75) is 35.6 Å². The predicted octanol–water partition coefficient (Wildman–Crippen LogP) is 6.52. The fourth-order valence-corrected chi connectivity index (χ4v) is 4.67. The molecule has 0 unspecified atom stereocenters. The lowest BCUT2D eigenvalue weighted by molar-refractivity contribution is 0.102. The number of nitrogens with one attached hydrogen (secondary N) is 1. The van der Waals surface area contributed by atoms with Gasteiger partial charge in [0.05, 0.1) is 34.4 Å². The molecule has 1 N–H and O–H groups in total. The van der Waals surface area contributed by atoms with Gasteiger partial charge >= 0.3 is 0 Å². The fourth-order valence-electron chi connectivity index (χ4n) is 3.66. The number of carbonyl (C=O) groups excluding carboxylic acids is 1. The first-order valence-electron chi connectivity index (χ1n) is 9.42. The summed E-state index contributed by atoms with van der Waals surface area (Å²) < 4.78 is 8.32. The Morgan fingerprint density at radius 3 is 2.62 bits per heavy atom. The van der Waals surface area contributed by atoms with Crippen molar-refractivity contribution >= 4 is 68.3 Å². The fraction of sp³-hybridized carbons (Fsp3) is 0.333. The van der Waals surface area contributed by atoms with Gasteiger partial charge in [-0.3, -0.25) is 9.48 Å². The van der Waals surface area contributed by atoms with Gasteiger partial charge < -0.3 is 10.1 Å². The lowest BCUT2D eigenvalue weighted by Gasteiger charge is -2.25. The zero-order chi connectivity index (χ0) is 20.5. The number of alkyl halides is 1. The lowest BCUT2D eigenvalue weighted by atomic mass is 9.96. The van der Waals surface area contributed by atoms with E-state index in [2.05, 4.69) is 38.8 Å². The highest BCUT2D eigenvalue weighted by Crippen LogP contribution is 2.35. The van der Waals surface area contributed by atoms with Crippen LogP contribution in [0.4, 0.5) is 5.69 Å². The van der Waals surface area contributed by atoms with Crippen molar-refractivity contribution in [2.24, 2.45) is 0 Å². The molecule has 2 aromatic carbocycles. The first-order chi connectivity index (χ1) is 13.9. The zero-order valence-corrected chi connectivity index (χ0v) is 19.5. The molecule has 1 fully saturated rings. The molecule has 4 rings (SSSR count). The van der Waals surface area contributed by atoms with Crippen LogP contribution in [0.5, 0.6) is 5.75 Å². The number of nitrogens with zero attached hydrogens (tertiary/aromatic N) is 2. The van der Waals surface area contributed by atoms with Crippen LogP contribution >= 0.6 is 45.8 Å². The van der Waals surface area contributed by atoms with Crippen LogP contribution in [0, 0.1) is 0 Å². The zero-order valence-electron chi connectivity index (χ0n) is 15.8. The minimum atomic E-state index is -0.283. The summed E-state index contributed by atoms with van der Waals surface area (Å²) in [5.41, 5.74) is 1.87. The monoisotopic (exact) mass is 543 g/mol. The van der Waals surface area contributed by atoms with Crippen LogP contribution in [0.25, 0.3) is 10.9 Å². The lowest BCUT2D eigenvalue weighted by Crippen LogP contribution is -2.18. The number of amides is 1. The normalized spacial score (nSPS) is 19.3. The second kappa shape index (κ2) is 8.70. The summed E-state index contributed by atoms with van der Waals surface area (Å²) >= 11 is 14.5. The summed E-state index contributed by atoms with van der Waals surface area (Å²) in [4.78, 5) is 12.7. The van der Waals surface area contributed by atoms with E-state index in [0.717, 1.165) is 27.7 Å². The van der Waals surface area contributed by atoms with Crippen molar-refractivity contribution < 1.29 is 9.53 Å². The van der Waals surface area contributed by atoms with Crippen molar-refractivity contribution in [3.63, 3.8) is 0 Å². The van der Waals surface area contributed by atoms with E-state index in [1.165, 1.54) is 12.8 Å². The first-order valence-corrected chi connectivity index (χ1v) is 11.4. The van der Waals surface area contributed by atoms with Gasteiger partial charge in [0.2, 0.25) is 0 Å². The van der Waals surface area contributed by atoms with Crippen molar-refractivity contribution in [3.8, 4) is 5.75 Å². The van der Waals surface area contributed by atoms with E-state index in [4.69, 9.17) is 33.0 Å². The van der Waals surface area contributed by atoms with E-state index >= 15 is 0 Å². The van der Waals surface area contributed by atoms with Crippen molar-refractivity contribution in [3.05, 3.63) is 52.1 Å². The number of rotatable bonds is 4. The van der Waals surface area contributed by atoms with E-state index in [-0.39, 0.29) is 5.91 Å². The van der Waals surface area contributed by atoms with Crippen molar-refractivity contribution in [1.82, 2.24) is 9.78 Å². The topological polar surface area (TPSA) is 56.1 Å². The molecule has 1 aliphatic carbocycles. The van der Waals surface area contributed by atoms with Gasteiger partial charge in [0, 0.05) is 27.1 Å². The maximum atomic E-state index is 12.7. The highest BCUT2D eigenvalue weighted by molar-refractivity contribution is 14.1. The summed E-state index contributed by atoms with van der Waals surface area (Å²) in [7, 11) is 1.58. The standard InChI is InChI=1S/C21H20Cl2IN3O2/c1-29-20-10-18-13(11-27(26-18)15-5-3-14(24)4-6-15)9-19(20)25-21(28)12-2-7-16(22)17(23)8-12/h2,7-11,14-15H,3-6H2,1H3,(H,25,28). The molecule has 8 heteroatoms. The number of anilines is 1. The van der Waals surface area contributed by atoms with Gasteiger partial charge in [-0.05, 0) is 49.9 Å². The smallest absolute Gasteiger partial charge is 0.255 e. The number of benzene rings is 2. The highest BCUT2D eigenvalue weighted by atomic mass is 127. The number of halogens is 3. The molecule has 0 aliphatic heterocycles. The molecule has 3 aromatic rings. The molecule has 0 atom stereocenters. The molecule has 1 aliphatic rings. The van der Waals surface area contributed by atoms with E-state index in [9.17, 15) is 4.79 Å². The van der Waals surface area contributed by atoms with Gasteiger partial charge in [0.15, 0.2) is 0 Å². The molecule has 0 saturated heterocycles. The number of hydrogen-bond acceptors (Lipinski definition) is 3. The molecule has 29 heavy (non-hydrogen) atoms. The molecule has 5 nitrogen and oxygen atoms in total. The van der Waals surface area contributed by atoms with Crippen molar-refractivity contribution in [2.75, 3.05) is 12.4 Å². The Morgan fingerprint density at radius 1 is 1.17 bits per heavy atom. The van der Waals surface area contributed by atoms with E-state index < -0.39 is 0 Å². The third-order valence-corrected chi connectivity index (χ3v) is 7.26. The van der Waals surface area contributed by atoms with Crippen LogP contribution in [-0.2, 0) is 0 Å². The number of fused-ring (bicyclic) bond motifs is 1. The quantitative estimate of drug-likeness (QED) is 0.301. The highest BCUT2D eigenvalue weighted by Gasteiger charge is 2.22. The second-order valence-electron chi connectivity index (χ2n) is 7.21. The van der Waals surface area contributed by atoms with Crippen molar-refractivity contribution in [1.29, 1.82) is 0 Å². The van der Waals surface area contributed by atoms with Crippen LogP contribution < -0.4 is 10.1 Å². The summed E-state index contributed by atoms with van der Waals surface area (Å²) in [6.07, 6.45) is 6.77. The maximum Gasteiger partial charge on any atom is 0.255 e. The molecule has 0 spiro atoms. The van der Waals surface area contributed by atoms with Crippen LogP contribution in [0.3, 0.4) is 0 Å². The molecular weight excluding hydrogens is 524 g/mol. The predicted molar refractivity (Wildman–Crippen MR) is 126 cm³/mol. The van der Waals surface area contributed by atoms with Gasteiger partial charge in [-0.25, -0.2) is 0 Å². The number of aromatic nitrogens is 2. The SMILES string of the molecule is COc1cc2nn(C3CCC(I)CC3)cc2cc1NC(=O)c1ccc(Cl)c(Cl)c1. The minimum absolute atomic E-state index is 0.283. The number of hydrogen-bond donors (Lipinski definition) is 1. The summed E-state index contributed by atoms with van der Waals surface area (Å²) in [5, 5.41) is 9.38. The summed E-state index contributed by atoms with van der Waals surface area (Å²) in [6, 6.07) is 8.97. The summed E-state index contributed by atoms with van der Waals surface area (Å²) in [5.74, 6) is 0.279. The molecule has 1 saturated carbocycles. The number of ether oxygens (including phenoxy) is 1. The van der Waals surface area contributed by atoms with Gasteiger partial charge in [-0.2, -0.15) is 5.10 Å². The van der Waals surface area contributed by atoms with Crippen LogP contribution in [-0.4, -0.2) is 26.7 Å². The Labute approximate surface area is 192 Å². The molecule has 1 heterocycles. The third-order valence-electron chi connectivity index (χ3n) is 5.27. The Balaban J connectivity index is 1.61. The molecule has 152 valence electrons. The average Bonchev–Trinajstić information content (AvgIpc) is 3.12. The maximum absolute atomic E-state index is 12.7. The van der Waals surface area contributed by atoms with Gasteiger partial charge in [0.25, 0.3) is 5.91 Å². The van der Waals surface area contributed by atoms with E-state index in [1.807, 2.05) is 12.1 Å². The van der Waals surface area contributed by atoms with Gasteiger partial charge in [-0.15, -0.1) is 0 Å². The molecule has 0 radical (unpaired) electrons.